The fraction of sp³-hybridized carbons (Fsp3) is 0.615. The number of piperidine rings is 1. The predicted octanol–water partition coefficient (Wildman–Crippen LogP) is 1.28. The number of hydrogen-bond donors (Lipinski definition) is 2. The number of nitrogens with two attached hydrogens (primary N) is 1. The van der Waals surface area contributed by atoms with Crippen LogP contribution in [0.2, 0.25) is 0 Å². The molecule has 2 rings (SSSR count). The van der Waals surface area contributed by atoms with Crippen molar-refractivity contribution >= 4 is 5.82 Å². The van der Waals surface area contributed by atoms with Crippen LogP contribution >= 0.6 is 0 Å². The second-order valence-electron chi connectivity index (χ2n) is 4.55. The molecule has 17 heavy (non-hydrogen) atoms. The third kappa shape index (κ3) is 2.76. The van der Waals surface area contributed by atoms with Crippen molar-refractivity contribution in [2.75, 3.05) is 18.1 Å². The van der Waals surface area contributed by atoms with Crippen molar-refractivity contribution in [3.63, 3.8) is 0 Å². The van der Waals surface area contributed by atoms with Gasteiger partial charge >= 0.3 is 0 Å². The Kier molecular flexibility index (Phi) is 4.34. The summed E-state index contributed by atoms with van der Waals surface area (Å²) in [4.78, 5) is 6.79. The van der Waals surface area contributed by atoms with E-state index in [1.165, 1.54) is 12.8 Å². The lowest BCUT2D eigenvalue weighted by molar-refractivity contribution is 0.262. The van der Waals surface area contributed by atoms with E-state index in [9.17, 15) is 0 Å². The lowest BCUT2D eigenvalue weighted by atomic mass is 9.99. The van der Waals surface area contributed by atoms with Gasteiger partial charge in [0.1, 0.15) is 5.82 Å². The summed E-state index contributed by atoms with van der Waals surface area (Å²) in [6, 6.07) is 4.37. The van der Waals surface area contributed by atoms with Gasteiger partial charge in [-0.25, -0.2) is 4.98 Å². The molecule has 0 bridgehead atoms. The number of aromatic nitrogens is 1. The van der Waals surface area contributed by atoms with Gasteiger partial charge in [-0.1, -0.05) is 6.07 Å². The Morgan fingerprint density at radius 3 is 3.12 bits per heavy atom. The van der Waals surface area contributed by atoms with E-state index in [2.05, 4.69) is 9.88 Å². The molecule has 2 heterocycles. The summed E-state index contributed by atoms with van der Waals surface area (Å²) in [6.45, 7) is 1.78. The van der Waals surface area contributed by atoms with Gasteiger partial charge in [-0.05, 0) is 31.7 Å². The zero-order chi connectivity index (χ0) is 12.1. The van der Waals surface area contributed by atoms with Crippen molar-refractivity contribution < 1.29 is 5.11 Å². The van der Waals surface area contributed by atoms with Gasteiger partial charge in [0.2, 0.25) is 0 Å². The van der Waals surface area contributed by atoms with Gasteiger partial charge in [0.25, 0.3) is 0 Å². The fourth-order valence-electron chi connectivity index (χ4n) is 2.58. The van der Waals surface area contributed by atoms with E-state index >= 15 is 0 Å². The highest BCUT2D eigenvalue weighted by Crippen LogP contribution is 2.27. The number of aliphatic hydroxyl groups excluding tert-OH is 1. The molecule has 1 saturated heterocycles. The second kappa shape index (κ2) is 5.98. The SMILES string of the molecule is NCc1cccnc1N1CCCCC1CCO. The maximum absolute atomic E-state index is 9.14. The van der Waals surface area contributed by atoms with Crippen molar-refractivity contribution in [1.82, 2.24) is 4.98 Å². The summed E-state index contributed by atoms with van der Waals surface area (Å²) in [5.74, 6) is 1.01. The van der Waals surface area contributed by atoms with E-state index in [0.717, 1.165) is 30.8 Å². The average molecular weight is 235 g/mol. The minimum Gasteiger partial charge on any atom is -0.396 e. The van der Waals surface area contributed by atoms with Crippen molar-refractivity contribution in [2.45, 2.75) is 38.3 Å². The van der Waals surface area contributed by atoms with Crippen LogP contribution < -0.4 is 10.6 Å². The third-order valence-corrected chi connectivity index (χ3v) is 3.45. The van der Waals surface area contributed by atoms with Gasteiger partial charge in [-0.15, -0.1) is 0 Å². The molecule has 0 aliphatic carbocycles. The lowest BCUT2D eigenvalue weighted by Gasteiger charge is -2.37. The van der Waals surface area contributed by atoms with Gasteiger partial charge in [0.05, 0.1) is 0 Å². The molecule has 1 fully saturated rings. The Labute approximate surface area is 102 Å². The Morgan fingerprint density at radius 1 is 1.47 bits per heavy atom. The highest BCUT2D eigenvalue weighted by molar-refractivity contribution is 5.48. The number of hydrogen-bond acceptors (Lipinski definition) is 4. The molecule has 0 aromatic carbocycles. The van der Waals surface area contributed by atoms with Crippen LogP contribution in [0.1, 0.15) is 31.2 Å². The van der Waals surface area contributed by atoms with E-state index in [-0.39, 0.29) is 6.61 Å². The molecule has 0 spiro atoms. The summed E-state index contributed by atoms with van der Waals surface area (Å²) in [5, 5.41) is 9.14. The summed E-state index contributed by atoms with van der Waals surface area (Å²) in [5.41, 5.74) is 6.86. The topological polar surface area (TPSA) is 62.4 Å². The van der Waals surface area contributed by atoms with E-state index in [1.807, 2.05) is 18.3 Å². The van der Waals surface area contributed by atoms with Crippen LogP contribution in [0.3, 0.4) is 0 Å². The molecule has 1 aliphatic heterocycles. The Bertz CT molecular complexity index is 354. The molecule has 4 heteroatoms. The van der Waals surface area contributed by atoms with Crippen LogP contribution in [-0.4, -0.2) is 29.3 Å². The van der Waals surface area contributed by atoms with Gasteiger partial charge in [0, 0.05) is 37.5 Å². The van der Waals surface area contributed by atoms with Crippen LogP contribution in [0.15, 0.2) is 18.3 Å². The second-order valence-corrected chi connectivity index (χ2v) is 4.55. The Balaban J connectivity index is 2.22. The molecule has 1 aromatic heterocycles. The van der Waals surface area contributed by atoms with E-state index < -0.39 is 0 Å². The molecule has 4 nitrogen and oxygen atoms in total. The first-order valence-electron chi connectivity index (χ1n) is 6.38. The van der Waals surface area contributed by atoms with Crippen molar-refractivity contribution in [2.24, 2.45) is 5.73 Å². The maximum atomic E-state index is 9.14. The summed E-state index contributed by atoms with van der Waals surface area (Å²) >= 11 is 0. The van der Waals surface area contributed by atoms with Crippen LogP contribution in [0, 0.1) is 0 Å². The van der Waals surface area contributed by atoms with Crippen LogP contribution in [0.4, 0.5) is 5.82 Å². The van der Waals surface area contributed by atoms with Gasteiger partial charge in [-0.2, -0.15) is 0 Å². The van der Waals surface area contributed by atoms with Crippen LogP contribution in [0.5, 0.6) is 0 Å². The number of rotatable bonds is 4. The third-order valence-electron chi connectivity index (χ3n) is 3.45. The quantitative estimate of drug-likeness (QED) is 0.825. The molecule has 1 aliphatic rings. The first-order chi connectivity index (χ1) is 8.36. The summed E-state index contributed by atoms with van der Waals surface area (Å²) in [6.07, 6.45) is 6.22. The normalized spacial score (nSPS) is 20.6. The van der Waals surface area contributed by atoms with E-state index in [1.54, 1.807) is 0 Å². The first-order valence-corrected chi connectivity index (χ1v) is 6.38. The Hall–Kier alpha value is -1.13. The monoisotopic (exact) mass is 235 g/mol. The van der Waals surface area contributed by atoms with E-state index in [4.69, 9.17) is 10.8 Å². The van der Waals surface area contributed by atoms with E-state index in [0.29, 0.717) is 12.6 Å². The van der Waals surface area contributed by atoms with Crippen LogP contribution in [0.25, 0.3) is 0 Å². The minimum absolute atomic E-state index is 0.242. The molecule has 1 unspecified atom stereocenters. The lowest BCUT2D eigenvalue weighted by Crippen LogP contribution is -2.41. The zero-order valence-electron chi connectivity index (χ0n) is 10.2. The highest BCUT2D eigenvalue weighted by atomic mass is 16.3. The standard InChI is InChI=1S/C13H21N3O/c14-10-11-4-3-7-15-13(11)16-8-2-1-5-12(16)6-9-17/h3-4,7,12,17H,1-2,5-6,8-10,14H2. The van der Waals surface area contributed by atoms with Crippen molar-refractivity contribution in [1.29, 1.82) is 0 Å². The summed E-state index contributed by atoms with van der Waals surface area (Å²) < 4.78 is 0. The molecular formula is C13H21N3O. The molecule has 1 aromatic rings. The molecule has 0 saturated carbocycles. The fourth-order valence-corrected chi connectivity index (χ4v) is 2.58. The molecule has 1 atom stereocenters. The molecule has 94 valence electrons. The number of aliphatic hydroxyl groups is 1. The van der Waals surface area contributed by atoms with Gasteiger partial charge in [-0.3, -0.25) is 0 Å². The summed E-state index contributed by atoms with van der Waals surface area (Å²) in [7, 11) is 0. The van der Waals surface area contributed by atoms with Gasteiger partial charge in [0.15, 0.2) is 0 Å². The average Bonchev–Trinajstić information content (AvgIpc) is 2.40. The maximum Gasteiger partial charge on any atom is 0.133 e. The Morgan fingerprint density at radius 2 is 2.35 bits per heavy atom. The molecule has 0 amide bonds. The molecular weight excluding hydrogens is 214 g/mol. The highest BCUT2D eigenvalue weighted by Gasteiger charge is 2.24. The molecule has 3 N–H and O–H groups in total. The minimum atomic E-state index is 0.242. The first kappa shape index (κ1) is 12.3. The number of nitrogens with zero attached hydrogens (tertiary/aromatic N) is 2. The number of pyridine rings is 1. The van der Waals surface area contributed by atoms with Crippen molar-refractivity contribution in [3.05, 3.63) is 23.9 Å². The van der Waals surface area contributed by atoms with Crippen molar-refractivity contribution in [3.8, 4) is 0 Å². The van der Waals surface area contributed by atoms with Gasteiger partial charge < -0.3 is 15.7 Å². The largest absolute Gasteiger partial charge is 0.396 e. The smallest absolute Gasteiger partial charge is 0.133 e. The zero-order valence-corrected chi connectivity index (χ0v) is 10.2. The predicted molar refractivity (Wildman–Crippen MR) is 68.8 cm³/mol. The van der Waals surface area contributed by atoms with Crippen LogP contribution in [-0.2, 0) is 6.54 Å². The number of anilines is 1. The molecule has 0 radical (unpaired) electrons.